The summed E-state index contributed by atoms with van der Waals surface area (Å²) in [5.41, 5.74) is 21.3. The van der Waals surface area contributed by atoms with E-state index in [0.717, 1.165) is 11.4 Å². The molecule has 57 heavy (non-hydrogen) atoms. The Morgan fingerprint density at radius 2 is 0.982 bits per heavy atom. The van der Waals surface area contributed by atoms with Crippen LogP contribution in [-0.2, 0) is 10.8 Å². The first-order chi connectivity index (χ1) is 28.0. The van der Waals surface area contributed by atoms with Gasteiger partial charge in [-0.25, -0.2) is 0 Å². The van der Waals surface area contributed by atoms with Gasteiger partial charge >= 0.3 is 0 Å². The summed E-state index contributed by atoms with van der Waals surface area (Å²) in [6.07, 6.45) is 0. The number of anilines is 3. The molecule has 12 rings (SSSR count). The summed E-state index contributed by atoms with van der Waals surface area (Å²) in [4.78, 5) is 2.51. The lowest BCUT2D eigenvalue weighted by atomic mass is 9.70. The van der Waals surface area contributed by atoms with Gasteiger partial charge in [-0.3, -0.25) is 0 Å². The monoisotopic (exact) mass is 725 g/mol. The van der Waals surface area contributed by atoms with Crippen molar-refractivity contribution in [1.29, 1.82) is 0 Å². The lowest BCUT2D eigenvalue weighted by Crippen LogP contribution is -2.26. The Bertz CT molecular complexity index is 3100. The summed E-state index contributed by atoms with van der Waals surface area (Å²) in [6.45, 7) is 4.75. The minimum Gasteiger partial charge on any atom is -0.310 e. The predicted molar refractivity (Wildman–Crippen MR) is 238 cm³/mol. The Hall–Kier alpha value is -6.96. The fourth-order valence-corrected chi connectivity index (χ4v) is 10.8. The average molecular weight is 726 g/mol. The van der Waals surface area contributed by atoms with E-state index in [1.807, 2.05) is 0 Å². The molecule has 0 aromatic heterocycles. The molecule has 0 saturated heterocycles. The lowest BCUT2D eigenvalue weighted by Gasteiger charge is -2.32. The fraction of sp³-hybridized carbons (Fsp3) is 0.0714. The molecule has 1 heteroatoms. The highest BCUT2D eigenvalue weighted by Gasteiger charge is 2.53. The minimum atomic E-state index is -0.509. The summed E-state index contributed by atoms with van der Waals surface area (Å²) in [6, 6.07) is 75.0. The number of benzene rings is 9. The van der Waals surface area contributed by atoms with Crippen molar-refractivity contribution in [3.63, 3.8) is 0 Å². The summed E-state index contributed by atoms with van der Waals surface area (Å²) in [5, 5.41) is 2.57. The zero-order chi connectivity index (χ0) is 37.9. The van der Waals surface area contributed by atoms with Crippen molar-refractivity contribution in [2.75, 3.05) is 4.90 Å². The molecular formula is C56H39N. The molecule has 268 valence electrons. The zero-order valence-corrected chi connectivity index (χ0v) is 32.0. The SMILES string of the molecule is CC1(C)c2ccccc2-c2ccc(N(c3ccccc3)c3cccc4c3-c3ccc(-c5ccccc5)cc3C43c4ccccc4-c4c3ccc3ccccc43)cc21. The van der Waals surface area contributed by atoms with Gasteiger partial charge in [-0.05, 0) is 119 Å². The Balaban J connectivity index is 1.18. The van der Waals surface area contributed by atoms with E-state index in [0.29, 0.717) is 0 Å². The summed E-state index contributed by atoms with van der Waals surface area (Å²) in [7, 11) is 0. The average Bonchev–Trinajstić information content (AvgIpc) is 3.83. The number of fused-ring (bicyclic) bond motifs is 15. The van der Waals surface area contributed by atoms with Crippen LogP contribution < -0.4 is 4.90 Å². The standard InChI is InChI=1S/C56H39N/c1-55(2)46-24-13-11-22-42(46)43-32-30-40(35-50(43)55)57(39-19-7-4-8-20-39)52-27-15-26-48-54(52)45-31-28-38(36-16-5-3-6-17-36)34-51(45)56(48)47-25-14-12-23-44(47)53-41-21-10-9-18-37(41)29-33-49(53)56/h3-35H,1-2H3. The molecule has 0 N–H and O–H groups in total. The second-order valence-electron chi connectivity index (χ2n) is 16.4. The van der Waals surface area contributed by atoms with Crippen LogP contribution in [0.5, 0.6) is 0 Å². The van der Waals surface area contributed by atoms with Gasteiger partial charge in [0, 0.05) is 22.4 Å². The molecule has 1 nitrogen and oxygen atoms in total. The molecule has 0 amide bonds. The van der Waals surface area contributed by atoms with Crippen LogP contribution in [0, 0.1) is 0 Å². The normalized spacial score (nSPS) is 16.1. The van der Waals surface area contributed by atoms with Crippen LogP contribution in [0.25, 0.3) is 55.3 Å². The van der Waals surface area contributed by atoms with Gasteiger partial charge in [0.05, 0.1) is 11.1 Å². The minimum absolute atomic E-state index is 0.118. The Kier molecular flexibility index (Phi) is 6.67. The molecule has 0 aliphatic heterocycles. The Labute approximate surface area is 334 Å². The van der Waals surface area contributed by atoms with Gasteiger partial charge in [0.15, 0.2) is 0 Å². The van der Waals surface area contributed by atoms with Crippen LogP contribution in [0.15, 0.2) is 200 Å². The van der Waals surface area contributed by atoms with Gasteiger partial charge in [-0.1, -0.05) is 178 Å². The van der Waals surface area contributed by atoms with Gasteiger partial charge in [0.2, 0.25) is 0 Å². The number of hydrogen-bond donors (Lipinski definition) is 0. The van der Waals surface area contributed by atoms with E-state index in [2.05, 4.69) is 219 Å². The molecule has 0 bridgehead atoms. The van der Waals surface area contributed by atoms with Crippen LogP contribution >= 0.6 is 0 Å². The van der Waals surface area contributed by atoms with Gasteiger partial charge in [0.25, 0.3) is 0 Å². The first kappa shape index (κ1) is 32.3. The van der Waals surface area contributed by atoms with Crippen molar-refractivity contribution in [2.24, 2.45) is 0 Å². The maximum atomic E-state index is 2.51. The fourth-order valence-electron chi connectivity index (χ4n) is 10.8. The number of nitrogens with zero attached hydrogens (tertiary/aromatic N) is 1. The van der Waals surface area contributed by atoms with Gasteiger partial charge in [0.1, 0.15) is 0 Å². The first-order valence-electron chi connectivity index (χ1n) is 20.1. The van der Waals surface area contributed by atoms with E-state index in [9.17, 15) is 0 Å². The van der Waals surface area contributed by atoms with Crippen molar-refractivity contribution in [1.82, 2.24) is 0 Å². The number of hydrogen-bond acceptors (Lipinski definition) is 1. The number of rotatable bonds is 4. The van der Waals surface area contributed by atoms with Gasteiger partial charge in [-0.15, -0.1) is 0 Å². The van der Waals surface area contributed by atoms with Crippen LogP contribution in [-0.4, -0.2) is 0 Å². The Morgan fingerprint density at radius 1 is 0.351 bits per heavy atom. The molecule has 9 aromatic rings. The summed E-state index contributed by atoms with van der Waals surface area (Å²) >= 11 is 0. The highest BCUT2D eigenvalue weighted by molar-refractivity contribution is 6.08. The van der Waals surface area contributed by atoms with Gasteiger partial charge < -0.3 is 4.90 Å². The van der Waals surface area contributed by atoms with E-state index in [4.69, 9.17) is 0 Å². The van der Waals surface area contributed by atoms with Crippen LogP contribution in [0.4, 0.5) is 17.1 Å². The zero-order valence-electron chi connectivity index (χ0n) is 32.0. The largest absolute Gasteiger partial charge is 0.310 e. The summed E-state index contributed by atoms with van der Waals surface area (Å²) < 4.78 is 0. The third-order valence-electron chi connectivity index (χ3n) is 13.3. The molecular weight excluding hydrogens is 687 g/mol. The van der Waals surface area contributed by atoms with E-state index in [-0.39, 0.29) is 5.41 Å². The molecule has 0 saturated carbocycles. The molecule has 3 aliphatic carbocycles. The molecule has 0 heterocycles. The molecule has 1 unspecified atom stereocenters. The number of para-hydroxylation sites is 1. The molecule has 3 aliphatic rings. The Morgan fingerprint density at radius 3 is 1.82 bits per heavy atom. The molecule has 1 atom stereocenters. The summed E-state index contributed by atoms with van der Waals surface area (Å²) in [5.74, 6) is 0. The smallest absolute Gasteiger partial charge is 0.0726 e. The van der Waals surface area contributed by atoms with E-state index < -0.39 is 5.41 Å². The topological polar surface area (TPSA) is 3.24 Å². The lowest BCUT2D eigenvalue weighted by molar-refractivity contribution is 0.660. The van der Waals surface area contributed by atoms with E-state index in [1.165, 1.54) is 94.3 Å². The van der Waals surface area contributed by atoms with Gasteiger partial charge in [-0.2, -0.15) is 0 Å². The van der Waals surface area contributed by atoms with Crippen molar-refractivity contribution in [3.8, 4) is 44.5 Å². The van der Waals surface area contributed by atoms with Crippen LogP contribution in [0.3, 0.4) is 0 Å². The highest BCUT2D eigenvalue weighted by atomic mass is 15.1. The second-order valence-corrected chi connectivity index (χ2v) is 16.4. The third-order valence-corrected chi connectivity index (χ3v) is 13.3. The molecule has 9 aromatic carbocycles. The van der Waals surface area contributed by atoms with Crippen molar-refractivity contribution < 1.29 is 0 Å². The third kappa shape index (κ3) is 4.29. The second kappa shape index (κ2) is 11.8. The molecule has 1 spiro atoms. The quantitative estimate of drug-likeness (QED) is 0.175. The van der Waals surface area contributed by atoms with Crippen molar-refractivity contribution in [3.05, 3.63) is 234 Å². The maximum Gasteiger partial charge on any atom is 0.0726 e. The van der Waals surface area contributed by atoms with E-state index >= 15 is 0 Å². The van der Waals surface area contributed by atoms with Crippen LogP contribution in [0.1, 0.15) is 47.2 Å². The predicted octanol–water partition coefficient (Wildman–Crippen LogP) is 14.6. The van der Waals surface area contributed by atoms with Crippen molar-refractivity contribution in [2.45, 2.75) is 24.7 Å². The van der Waals surface area contributed by atoms with Crippen molar-refractivity contribution >= 4 is 27.8 Å². The first-order valence-corrected chi connectivity index (χ1v) is 20.1. The van der Waals surface area contributed by atoms with Crippen LogP contribution in [0.2, 0.25) is 0 Å². The molecule has 0 radical (unpaired) electrons. The highest BCUT2D eigenvalue weighted by Crippen LogP contribution is 2.66. The van der Waals surface area contributed by atoms with E-state index in [1.54, 1.807) is 0 Å². The maximum absolute atomic E-state index is 2.51. The molecule has 0 fully saturated rings.